The van der Waals surface area contributed by atoms with Crippen molar-refractivity contribution < 1.29 is 9.32 Å². The second-order valence-corrected chi connectivity index (χ2v) is 7.22. The Morgan fingerprint density at radius 2 is 2.04 bits per heavy atom. The van der Waals surface area contributed by atoms with E-state index in [9.17, 15) is 4.79 Å². The summed E-state index contributed by atoms with van der Waals surface area (Å²) in [6.45, 7) is 7.09. The van der Waals surface area contributed by atoms with Gasteiger partial charge < -0.3 is 9.42 Å². The van der Waals surface area contributed by atoms with Gasteiger partial charge in [-0.05, 0) is 46.2 Å². The summed E-state index contributed by atoms with van der Waals surface area (Å²) in [7, 11) is 3.58. The van der Waals surface area contributed by atoms with Gasteiger partial charge in [0.05, 0.1) is 29.5 Å². The Morgan fingerprint density at radius 3 is 2.69 bits per heavy atom. The van der Waals surface area contributed by atoms with Crippen molar-refractivity contribution in [3.8, 4) is 11.3 Å². The highest BCUT2D eigenvalue weighted by molar-refractivity contribution is 5.77. The van der Waals surface area contributed by atoms with Crippen molar-refractivity contribution in [2.24, 2.45) is 0 Å². The molecular formula is C19H27N5O2. The van der Waals surface area contributed by atoms with E-state index in [1.807, 2.05) is 26.8 Å². The van der Waals surface area contributed by atoms with E-state index in [2.05, 4.69) is 10.1 Å². The molecule has 3 rings (SSSR count). The lowest BCUT2D eigenvalue weighted by atomic mass is 10.0. The number of piperidine rings is 1. The normalized spacial score (nSPS) is 18.1. The molecule has 1 atom stereocenters. The maximum atomic E-state index is 12.2. The summed E-state index contributed by atoms with van der Waals surface area (Å²) in [6.07, 6.45) is 3.18. The third kappa shape index (κ3) is 3.77. The number of hydrogen-bond donors (Lipinski definition) is 0. The van der Waals surface area contributed by atoms with Gasteiger partial charge in [0.2, 0.25) is 5.91 Å². The van der Waals surface area contributed by atoms with E-state index in [1.165, 1.54) is 0 Å². The Hall–Kier alpha value is -2.28. The molecule has 1 unspecified atom stereocenters. The average molecular weight is 357 g/mol. The zero-order valence-electron chi connectivity index (χ0n) is 16.2. The molecule has 0 radical (unpaired) electrons. The van der Waals surface area contributed by atoms with E-state index in [1.54, 1.807) is 19.0 Å². The Balaban J connectivity index is 1.95. The highest BCUT2D eigenvalue weighted by Crippen LogP contribution is 2.31. The minimum absolute atomic E-state index is 0.0618. The first kappa shape index (κ1) is 18.5. The molecule has 0 N–H and O–H groups in total. The Morgan fingerprint density at radius 1 is 1.27 bits per heavy atom. The molecule has 2 aromatic rings. The topological polar surface area (TPSA) is 75.4 Å². The molecule has 1 aliphatic rings. The molecule has 1 aliphatic heterocycles. The maximum Gasteiger partial charge on any atom is 0.236 e. The standard InChI is InChI=1S/C19H27N5O2/c1-12-10-15(18-13(2)22-26-14(18)3)21-19(20-12)16-8-6-7-9-24(16)11-17(25)23(4)5/h10,16H,6-9,11H2,1-5H3. The molecule has 2 aromatic heterocycles. The molecular weight excluding hydrogens is 330 g/mol. The Bertz CT molecular complexity index is 780. The number of rotatable bonds is 4. The maximum absolute atomic E-state index is 12.2. The SMILES string of the molecule is Cc1cc(-c2c(C)noc2C)nc(C2CCCCN2CC(=O)N(C)C)n1. The molecule has 3 heterocycles. The van der Waals surface area contributed by atoms with Crippen molar-refractivity contribution in [2.45, 2.75) is 46.1 Å². The van der Waals surface area contributed by atoms with Crippen LogP contribution in [-0.2, 0) is 4.79 Å². The van der Waals surface area contributed by atoms with Crippen molar-refractivity contribution in [2.75, 3.05) is 27.2 Å². The van der Waals surface area contributed by atoms with Gasteiger partial charge in [-0.1, -0.05) is 11.6 Å². The highest BCUT2D eigenvalue weighted by atomic mass is 16.5. The Labute approximate surface area is 154 Å². The second-order valence-electron chi connectivity index (χ2n) is 7.22. The lowest BCUT2D eigenvalue weighted by Gasteiger charge is -2.34. The van der Waals surface area contributed by atoms with Gasteiger partial charge in [-0.3, -0.25) is 9.69 Å². The van der Waals surface area contributed by atoms with Crippen LogP contribution in [-0.4, -0.2) is 58.0 Å². The lowest BCUT2D eigenvalue weighted by Crippen LogP contribution is -2.41. The van der Waals surface area contributed by atoms with Crippen LogP contribution in [0.2, 0.25) is 0 Å². The summed E-state index contributed by atoms with van der Waals surface area (Å²) in [5.41, 5.74) is 3.51. The largest absolute Gasteiger partial charge is 0.361 e. The summed E-state index contributed by atoms with van der Waals surface area (Å²) in [5, 5.41) is 4.04. The average Bonchev–Trinajstić information content (AvgIpc) is 2.93. The number of carbonyl (C=O) groups excluding carboxylic acids is 1. The molecule has 0 aromatic carbocycles. The first-order valence-electron chi connectivity index (χ1n) is 9.10. The van der Waals surface area contributed by atoms with Crippen molar-refractivity contribution in [3.63, 3.8) is 0 Å². The van der Waals surface area contributed by atoms with E-state index in [0.29, 0.717) is 6.54 Å². The zero-order valence-corrected chi connectivity index (χ0v) is 16.2. The highest BCUT2D eigenvalue weighted by Gasteiger charge is 2.29. The fraction of sp³-hybridized carbons (Fsp3) is 0.579. The van der Waals surface area contributed by atoms with E-state index >= 15 is 0 Å². The summed E-state index contributed by atoms with van der Waals surface area (Å²) in [6, 6.07) is 2.03. The number of likely N-dealkylation sites (tertiary alicyclic amines) is 1. The summed E-state index contributed by atoms with van der Waals surface area (Å²) in [5.74, 6) is 1.65. The Kier molecular flexibility index (Phi) is 5.36. The van der Waals surface area contributed by atoms with Gasteiger partial charge in [-0.25, -0.2) is 9.97 Å². The van der Waals surface area contributed by atoms with Crippen LogP contribution in [0, 0.1) is 20.8 Å². The monoisotopic (exact) mass is 357 g/mol. The fourth-order valence-electron chi connectivity index (χ4n) is 3.51. The van der Waals surface area contributed by atoms with Crippen molar-refractivity contribution in [3.05, 3.63) is 29.0 Å². The molecule has 7 heteroatoms. The zero-order chi connectivity index (χ0) is 18.8. The number of aryl methyl sites for hydroxylation is 3. The van der Waals surface area contributed by atoms with Crippen LogP contribution in [0.1, 0.15) is 48.3 Å². The molecule has 7 nitrogen and oxygen atoms in total. The van der Waals surface area contributed by atoms with Crippen molar-refractivity contribution in [1.82, 2.24) is 24.9 Å². The van der Waals surface area contributed by atoms with Gasteiger partial charge in [0, 0.05) is 19.8 Å². The van der Waals surface area contributed by atoms with Gasteiger partial charge in [0.1, 0.15) is 11.6 Å². The number of likely N-dealkylation sites (N-methyl/N-ethyl adjacent to an activating group) is 1. The first-order valence-corrected chi connectivity index (χ1v) is 9.10. The van der Waals surface area contributed by atoms with Crippen LogP contribution in [0.4, 0.5) is 0 Å². The van der Waals surface area contributed by atoms with Gasteiger partial charge in [-0.2, -0.15) is 0 Å². The molecule has 1 amide bonds. The molecule has 1 fully saturated rings. The van der Waals surface area contributed by atoms with Gasteiger partial charge in [-0.15, -0.1) is 0 Å². The van der Waals surface area contributed by atoms with E-state index in [-0.39, 0.29) is 11.9 Å². The number of carbonyl (C=O) groups is 1. The number of aromatic nitrogens is 3. The number of amides is 1. The van der Waals surface area contributed by atoms with Crippen LogP contribution in [0.5, 0.6) is 0 Å². The van der Waals surface area contributed by atoms with Crippen LogP contribution in [0.3, 0.4) is 0 Å². The molecule has 140 valence electrons. The smallest absolute Gasteiger partial charge is 0.236 e. The van der Waals surface area contributed by atoms with Gasteiger partial charge in [0.25, 0.3) is 0 Å². The number of nitrogens with zero attached hydrogens (tertiary/aromatic N) is 5. The molecule has 0 bridgehead atoms. The summed E-state index contributed by atoms with van der Waals surface area (Å²) < 4.78 is 5.30. The first-order chi connectivity index (χ1) is 12.4. The predicted molar refractivity (Wildman–Crippen MR) is 98.6 cm³/mol. The van der Waals surface area contributed by atoms with Crippen LogP contribution >= 0.6 is 0 Å². The molecule has 0 saturated carbocycles. The van der Waals surface area contributed by atoms with Crippen LogP contribution in [0.15, 0.2) is 10.6 Å². The fourth-order valence-corrected chi connectivity index (χ4v) is 3.51. The molecule has 26 heavy (non-hydrogen) atoms. The summed E-state index contributed by atoms with van der Waals surface area (Å²) in [4.78, 5) is 25.6. The third-order valence-corrected chi connectivity index (χ3v) is 4.91. The molecule has 0 spiro atoms. The van der Waals surface area contributed by atoms with Crippen LogP contribution < -0.4 is 0 Å². The van der Waals surface area contributed by atoms with E-state index in [0.717, 1.165) is 60.0 Å². The minimum Gasteiger partial charge on any atom is -0.361 e. The van der Waals surface area contributed by atoms with Crippen LogP contribution in [0.25, 0.3) is 11.3 Å². The molecule has 1 saturated heterocycles. The number of hydrogen-bond acceptors (Lipinski definition) is 6. The molecule has 0 aliphatic carbocycles. The summed E-state index contributed by atoms with van der Waals surface area (Å²) >= 11 is 0. The van der Waals surface area contributed by atoms with E-state index < -0.39 is 0 Å². The third-order valence-electron chi connectivity index (χ3n) is 4.91. The lowest BCUT2D eigenvalue weighted by molar-refractivity contribution is -0.130. The van der Waals surface area contributed by atoms with Crippen molar-refractivity contribution in [1.29, 1.82) is 0 Å². The second kappa shape index (κ2) is 7.53. The van der Waals surface area contributed by atoms with Crippen molar-refractivity contribution >= 4 is 5.91 Å². The van der Waals surface area contributed by atoms with E-state index in [4.69, 9.17) is 14.5 Å². The van der Waals surface area contributed by atoms with Gasteiger partial charge in [0.15, 0.2) is 0 Å². The minimum atomic E-state index is 0.0618. The van der Waals surface area contributed by atoms with Gasteiger partial charge >= 0.3 is 0 Å². The quantitative estimate of drug-likeness (QED) is 0.837. The predicted octanol–water partition coefficient (Wildman–Crippen LogP) is 2.67.